The molecule has 2 aromatic rings. The average molecular weight is 407 g/mol. The van der Waals surface area contributed by atoms with Crippen LogP contribution < -0.4 is 5.73 Å². The summed E-state index contributed by atoms with van der Waals surface area (Å²) in [4.78, 5) is 21.9. The highest BCUT2D eigenvalue weighted by Gasteiger charge is 2.30. The van der Waals surface area contributed by atoms with Crippen molar-refractivity contribution in [1.29, 1.82) is 0 Å². The Morgan fingerprint density at radius 1 is 1.20 bits per heavy atom. The Bertz CT molecular complexity index is 893. The highest BCUT2D eigenvalue weighted by molar-refractivity contribution is 5.85. The third kappa shape index (κ3) is 4.84. The molecule has 5 heteroatoms. The third-order valence-corrected chi connectivity index (χ3v) is 6.07. The van der Waals surface area contributed by atoms with E-state index in [0.29, 0.717) is 18.9 Å². The van der Waals surface area contributed by atoms with E-state index < -0.39 is 0 Å². The van der Waals surface area contributed by atoms with Crippen LogP contribution in [0.4, 0.5) is 5.69 Å². The third-order valence-electron chi connectivity index (χ3n) is 6.07. The van der Waals surface area contributed by atoms with Gasteiger partial charge >= 0.3 is 0 Å². The summed E-state index contributed by atoms with van der Waals surface area (Å²) in [6, 6.07) is 16.5. The number of benzene rings is 2. The van der Waals surface area contributed by atoms with Crippen LogP contribution in [0.15, 0.2) is 53.5 Å². The summed E-state index contributed by atoms with van der Waals surface area (Å²) in [5, 5.41) is 0. The lowest BCUT2D eigenvalue weighted by Gasteiger charge is -2.37. The predicted molar refractivity (Wildman–Crippen MR) is 124 cm³/mol. The summed E-state index contributed by atoms with van der Waals surface area (Å²) in [6.07, 6.45) is 3.43. The molecule has 2 unspecified atom stereocenters. The van der Waals surface area contributed by atoms with Gasteiger partial charge in [0.15, 0.2) is 5.96 Å². The zero-order valence-corrected chi connectivity index (χ0v) is 18.6. The number of guanidine groups is 1. The van der Waals surface area contributed by atoms with E-state index in [1.54, 1.807) is 0 Å². The topological polar surface area (TPSA) is 61.9 Å². The molecule has 1 aliphatic heterocycles. The average Bonchev–Trinajstić information content (AvgIpc) is 2.75. The number of carbonyl (C=O) groups excluding carboxylic acids is 1. The molecule has 0 radical (unpaired) electrons. The van der Waals surface area contributed by atoms with Crippen molar-refractivity contribution in [2.75, 3.05) is 7.05 Å². The molecular formula is C25H34N4O. The summed E-state index contributed by atoms with van der Waals surface area (Å²) >= 11 is 0. The molecule has 160 valence electrons. The minimum absolute atomic E-state index is 0.145. The van der Waals surface area contributed by atoms with Crippen LogP contribution in [0.2, 0.25) is 0 Å². The van der Waals surface area contributed by atoms with Crippen LogP contribution in [-0.4, -0.2) is 34.8 Å². The molecule has 5 nitrogen and oxygen atoms in total. The molecule has 2 aromatic carbocycles. The lowest BCUT2D eigenvalue weighted by molar-refractivity contribution is -0.133. The second kappa shape index (κ2) is 9.79. The van der Waals surface area contributed by atoms with Gasteiger partial charge in [-0.3, -0.25) is 4.79 Å². The van der Waals surface area contributed by atoms with Crippen LogP contribution in [0.5, 0.6) is 0 Å². The zero-order chi connectivity index (χ0) is 21.7. The molecule has 0 bridgehead atoms. The maximum atomic E-state index is 13.3. The molecule has 0 saturated carbocycles. The number of nitrogens with zero attached hydrogens (tertiary/aromatic N) is 3. The van der Waals surface area contributed by atoms with Crippen LogP contribution in [0, 0.1) is 6.92 Å². The molecule has 1 heterocycles. The van der Waals surface area contributed by atoms with Crippen LogP contribution >= 0.6 is 0 Å². The summed E-state index contributed by atoms with van der Waals surface area (Å²) in [6.45, 7) is 7.04. The van der Waals surface area contributed by atoms with Crippen molar-refractivity contribution in [2.45, 2.75) is 65.1 Å². The molecule has 1 aliphatic rings. The Kier molecular flexibility index (Phi) is 7.14. The number of hydrogen-bond acceptors (Lipinski definition) is 4. The van der Waals surface area contributed by atoms with Crippen molar-refractivity contribution >= 4 is 17.6 Å². The molecule has 2 N–H and O–H groups in total. The van der Waals surface area contributed by atoms with E-state index in [1.165, 1.54) is 5.56 Å². The van der Waals surface area contributed by atoms with E-state index in [0.717, 1.165) is 36.1 Å². The maximum absolute atomic E-state index is 13.3. The van der Waals surface area contributed by atoms with E-state index in [-0.39, 0.29) is 18.0 Å². The van der Waals surface area contributed by atoms with Crippen molar-refractivity contribution < 1.29 is 4.79 Å². The number of hydrogen-bond donors (Lipinski definition) is 1. The molecule has 30 heavy (non-hydrogen) atoms. The number of fused-ring (bicyclic) bond motifs is 1. The summed E-state index contributed by atoms with van der Waals surface area (Å²) in [5.41, 5.74) is 10.7. The number of carbonyl (C=O) groups is 1. The highest BCUT2D eigenvalue weighted by Crippen LogP contribution is 2.33. The van der Waals surface area contributed by atoms with Gasteiger partial charge in [-0.05, 0) is 37.0 Å². The molecule has 0 fully saturated rings. The molecule has 0 aliphatic carbocycles. The van der Waals surface area contributed by atoms with E-state index in [2.05, 4.69) is 54.9 Å². The Hall–Kier alpha value is -2.82. The first-order chi connectivity index (χ1) is 14.4. The fraction of sp³-hybridized carbons (Fsp3) is 0.440. The molecule has 3 rings (SSSR count). The van der Waals surface area contributed by atoms with Gasteiger partial charge in [0.1, 0.15) is 0 Å². The van der Waals surface area contributed by atoms with Gasteiger partial charge in [0.05, 0.1) is 18.2 Å². The molecule has 1 amide bonds. The largest absolute Gasteiger partial charge is 0.369 e. The van der Waals surface area contributed by atoms with Crippen LogP contribution in [-0.2, 0) is 11.3 Å². The van der Waals surface area contributed by atoms with Gasteiger partial charge in [-0.2, -0.15) is 0 Å². The quantitative estimate of drug-likeness (QED) is 0.676. The fourth-order valence-electron chi connectivity index (χ4n) is 4.27. The smallest absolute Gasteiger partial charge is 0.224 e. The fourth-order valence-corrected chi connectivity index (χ4v) is 4.27. The Labute approximate surface area is 180 Å². The monoisotopic (exact) mass is 406 g/mol. The second-order valence-electron chi connectivity index (χ2n) is 8.22. The van der Waals surface area contributed by atoms with Crippen molar-refractivity contribution in [3.8, 4) is 0 Å². The zero-order valence-electron chi connectivity index (χ0n) is 18.6. The Balaban J connectivity index is 1.90. The highest BCUT2D eigenvalue weighted by atomic mass is 16.2. The maximum Gasteiger partial charge on any atom is 0.224 e. The van der Waals surface area contributed by atoms with Gasteiger partial charge in [-0.15, -0.1) is 0 Å². The van der Waals surface area contributed by atoms with Crippen molar-refractivity contribution in [1.82, 2.24) is 9.80 Å². The number of rotatable bonds is 8. The number of aliphatic imine (C=N–C) groups is 1. The SMILES string of the molecule is CCCC(CC)N(C)C(=O)CC(c1ccccc1)N1Cc2cc(C)ccc2N=C1N. The van der Waals surface area contributed by atoms with E-state index >= 15 is 0 Å². The Morgan fingerprint density at radius 3 is 2.60 bits per heavy atom. The van der Waals surface area contributed by atoms with Gasteiger partial charge in [0.2, 0.25) is 5.91 Å². The first-order valence-corrected chi connectivity index (χ1v) is 11.0. The van der Waals surface area contributed by atoms with E-state index in [1.807, 2.05) is 36.2 Å². The van der Waals surface area contributed by atoms with Crippen LogP contribution in [0.1, 0.15) is 62.3 Å². The summed E-state index contributed by atoms with van der Waals surface area (Å²) in [7, 11) is 1.93. The summed E-state index contributed by atoms with van der Waals surface area (Å²) < 4.78 is 0. The Morgan fingerprint density at radius 2 is 1.93 bits per heavy atom. The van der Waals surface area contributed by atoms with Gasteiger partial charge < -0.3 is 15.5 Å². The summed E-state index contributed by atoms with van der Waals surface area (Å²) in [5.74, 6) is 0.614. The van der Waals surface area contributed by atoms with E-state index in [4.69, 9.17) is 5.73 Å². The predicted octanol–water partition coefficient (Wildman–Crippen LogP) is 4.93. The molecule has 0 spiro atoms. The van der Waals surface area contributed by atoms with Gasteiger partial charge in [-0.25, -0.2) is 4.99 Å². The van der Waals surface area contributed by atoms with Gasteiger partial charge in [0, 0.05) is 19.6 Å². The van der Waals surface area contributed by atoms with Crippen molar-refractivity contribution in [3.63, 3.8) is 0 Å². The molecule has 2 atom stereocenters. The van der Waals surface area contributed by atoms with Crippen molar-refractivity contribution in [2.24, 2.45) is 10.7 Å². The standard InChI is InChI=1S/C25H34N4O/c1-5-10-21(6-2)28(4)24(30)16-23(19-11-8-7-9-12-19)29-17-20-15-18(3)13-14-22(20)27-25(29)26/h7-9,11-15,21,23H,5-6,10,16-17H2,1-4H3,(H2,26,27). The van der Waals surface area contributed by atoms with Crippen molar-refractivity contribution in [3.05, 3.63) is 65.2 Å². The number of nitrogens with two attached hydrogens (primary N) is 1. The minimum Gasteiger partial charge on any atom is -0.369 e. The molecule has 0 aromatic heterocycles. The van der Waals surface area contributed by atoms with E-state index in [9.17, 15) is 4.79 Å². The first kappa shape index (κ1) is 21.9. The number of aryl methyl sites for hydroxylation is 1. The van der Waals surface area contributed by atoms with Crippen LogP contribution in [0.3, 0.4) is 0 Å². The molecule has 0 saturated heterocycles. The van der Waals surface area contributed by atoms with Gasteiger partial charge in [0.25, 0.3) is 0 Å². The lowest BCUT2D eigenvalue weighted by Crippen LogP contribution is -2.44. The van der Waals surface area contributed by atoms with Crippen LogP contribution in [0.25, 0.3) is 0 Å². The normalized spacial score (nSPS) is 15.2. The first-order valence-electron chi connectivity index (χ1n) is 11.0. The lowest BCUT2D eigenvalue weighted by atomic mass is 9.98. The minimum atomic E-state index is -0.155. The number of amides is 1. The van der Waals surface area contributed by atoms with Gasteiger partial charge in [-0.1, -0.05) is 68.3 Å². The second-order valence-corrected chi connectivity index (χ2v) is 8.22. The molecular weight excluding hydrogens is 372 g/mol.